The van der Waals surface area contributed by atoms with Gasteiger partial charge in [0.05, 0.1) is 4.32 Å². The summed E-state index contributed by atoms with van der Waals surface area (Å²) in [5.74, 6) is -0.225. The molecule has 1 amide bonds. The number of nitrogens with zero attached hydrogens (tertiary/aromatic N) is 1. The average Bonchev–Trinajstić information content (AvgIpc) is 3.10. The highest BCUT2D eigenvalue weighted by molar-refractivity contribution is 9.10. The van der Waals surface area contributed by atoms with Gasteiger partial charge in [0.25, 0.3) is 0 Å². The fraction of sp³-hybridized carbons (Fsp3) is 0.500. The largest absolute Gasteiger partial charge is 0.334 e. The van der Waals surface area contributed by atoms with Crippen LogP contribution in [0, 0.1) is 5.82 Å². The Balaban J connectivity index is 2.17. The zero-order valence-electron chi connectivity index (χ0n) is 10.6. The average molecular weight is 314 g/mol. The first kappa shape index (κ1) is 13.5. The molecule has 0 N–H and O–H groups in total. The molecule has 0 saturated heterocycles. The third-order valence-electron chi connectivity index (χ3n) is 3.06. The summed E-state index contributed by atoms with van der Waals surface area (Å²) in [7, 11) is 0. The molecule has 18 heavy (non-hydrogen) atoms. The number of hydrogen-bond donors (Lipinski definition) is 0. The number of benzene rings is 1. The van der Waals surface area contributed by atoms with Gasteiger partial charge in [0.1, 0.15) is 5.82 Å². The van der Waals surface area contributed by atoms with Crippen molar-refractivity contribution in [2.45, 2.75) is 43.6 Å². The molecule has 1 aromatic rings. The van der Waals surface area contributed by atoms with E-state index in [-0.39, 0.29) is 17.8 Å². The summed E-state index contributed by atoms with van der Waals surface area (Å²) in [6, 6.07) is 6.90. The lowest BCUT2D eigenvalue weighted by Crippen LogP contribution is -2.42. The van der Waals surface area contributed by atoms with Crippen molar-refractivity contribution < 1.29 is 9.18 Å². The summed E-state index contributed by atoms with van der Waals surface area (Å²) < 4.78 is 13.0. The number of halogens is 2. The molecule has 0 unspecified atom stereocenters. The molecule has 0 heterocycles. The van der Waals surface area contributed by atoms with Crippen molar-refractivity contribution in [3.63, 3.8) is 0 Å². The summed E-state index contributed by atoms with van der Waals surface area (Å²) >= 11 is 3.39. The first-order valence-corrected chi connectivity index (χ1v) is 6.92. The lowest BCUT2D eigenvalue weighted by molar-refractivity contribution is -0.134. The van der Waals surface area contributed by atoms with Crippen LogP contribution in [-0.4, -0.2) is 21.2 Å². The van der Waals surface area contributed by atoms with Crippen LogP contribution < -0.4 is 0 Å². The molecule has 1 fully saturated rings. The van der Waals surface area contributed by atoms with Crippen LogP contribution >= 0.6 is 15.9 Å². The Labute approximate surface area is 115 Å². The van der Waals surface area contributed by atoms with Gasteiger partial charge in [0, 0.05) is 18.2 Å². The lowest BCUT2D eigenvalue weighted by Gasteiger charge is -2.28. The maximum absolute atomic E-state index is 13.6. The molecule has 0 aromatic heterocycles. The van der Waals surface area contributed by atoms with Crippen molar-refractivity contribution in [3.8, 4) is 0 Å². The molecule has 2 rings (SSSR count). The molecule has 1 aliphatic rings. The van der Waals surface area contributed by atoms with Gasteiger partial charge in [0.2, 0.25) is 5.91 Å². The van der Waals surface area contributed by atoms with Gasteiger partial charge in [-0.25, -0.2) is 4.39 Å². The molecular weight excluding hydrogens is 297 g/mol. The lowest BCUT2D eigenvalue weighted by atomic mass is 10.1. The number of carbonyl (C=O) groups is 1. The van der Waals surface area contributed by atoms with Gasteiger partial charge >= 0.3 is 0 Å². The first-order valence-electron chi connectivity index (χ1n) is 6.13. The van der Waals surface area contributed by atoms with Gasteiger partial charge in [-0.3, -0.25) is 4.79 Å². The van der Waals surface area contributed by atoms with Crippen LogP contribution in [0.2, 0.25) is 0 Å². The van der Waals surface area contributed by atoms with Crippen LogP contribution in [0.25, 0.3) is 0 Å². The Hall–Kier alpha value is -0.900. The minimum atomic E-state index is -0.596. The van der Waals surface area contributed by atoms with Crippen LogP contribution in [0.4, 0.5) is 4.39 Å². The van der Waals surface area contributed by atoms with E-state index in [2.05, 4.69) is 15.9 Å². The Kier molecular flexibility index (Phi) is 3.76. The highest BCUT2D eigenvalue weighted by atomic mass is 79.9. The van der Waals surface area contributed by atoms with E-state index in [0.717, 1.165) is 12.8 Å². The zero-order valence-corrected chi connectivity index (χ0v) is 12.2. The van der Waals surface area contributed by atoms with Gasteiger partial charge in [-0.05, 0) is 32.8 Å². The van der Waals surface area contributed by atoms with E-state index in [9.17, 15) is 9.18 Å². The second-order valence-electron chi connectivity index (χ2n) is 5.23. The number of rotatable bonds is 4. The summed E-state index contributed by atoms with van der Waals surface area (Å²) in [5, 5.41) is 0. The van der Waals surface area contributed by atoms with E-state index < -0.39 is 4.32 Å². The molecule has 0 atom stereocenters. The van der Waals surface area contributed by atoms with Gasteiger partial charge in [0.15, 0.2) is 0 Å². The van der Waals surface area contributed by atoms with Crippen LogP contribution in [0.5, 0.6) is 0 Å². The molecule has 0 aliphatic heterocycles. The maximum Gasteiger partial charge on any atom is 0.239 e. The summed E-state index contributed by atoms with van der Waals surface area (Å²) in [5.41, 5.74) is 0.578. The van der Waals surface area contributed by atoms with Crippen LogP contribution in [0.15, 0.2) is 24.3 Å². The Morgan fingerprint density at radius 1 is 1.44 bits per heavy atom. The number of amides is 1. The molecule has 1 aromatic carbocycles. The van der Waals surface area contributed by atoms with E-state index in [1.165, 1.54) is 6.07 Å². The molecule has 1 aliphatic carbocycles. The zero-order chi connectivity index (χ0) is 13.3. The third-order valence-corrected chi connectivity index (χ3v) is 3.39. The molecule has 2 nitrogen and oxygen atoms in total. The highest BCUT2D eigenvalue weighted by Crippen LogP contribution is 2.32. The topological polar surface area (TPSA) is 20.3 Å². The van der Waals surface area contributed by atoms with E-state index in [1.54, 1.807) is 23.1 Å². The monoisotopic (exact) mass is 313 g/mol. The molecule has 4 heteroatoms. The highest BCUT2D eigenvalue weighted by Gasteiger charge is 2.38. The second kappa shape index (κ2) is 5.00. The van der Waals surface area contributed by atoms with E-state index >= 15 is 0 Å². The van der Waals surface area contributed by atoms with Crippen molar-refractivity contribution in [2.24, 2.45) is 0 Å². The molecule has 1 saturated carbocycles. The fourth-order valence-corrected chi connectivity index (χ4v) is 2.13. The maximum atomic E-state index is 13.6. The predicted octanol–water partition coefficient (Wildman–Crippen LogP) is 3.49. The molecule has 0 radical (unpaired) electrons. The molecular formula is C14H17BrFNO. The van der Waals surface area contributed by atoms with E-state index in [0.29, 0.717) is 12.1 Å². The Bertz CT molecular complexity index is 451. The van der Waals surface area contributed by atoms with Crippen molar-refractivity contribution in [2.75, 3.05) is 0 Å². The van der Waals surface area contributed by atoms with Gasteiger partial charge in [-0.15, -0.1) is 0 Å². The molecule has 98 valence electrons. The third kappa shape index (κ3) is 3.10. The van der Waals surface area contributed by atoms with Gasteiger partial charge in [-0.1, -0.05) is 34.1 Å². The van der Waals surface area contributed by atoms with Crippen LogP contribution in [0.1, 0.15) is 32.3 Å². The number of hydrogen-bond acceptors (Lipinski definition) is 1. The van der Waals surface area contributed by atoms with E-state index in [4.69, 9.17) is 0 Å². The van der Waals surface area contributed by atoms with E-state index in [1.807, 2.05) is 13.8 Å². The quantitative estimate of drug-likeness (QED) is 0.779. The van der Waals surface area contributed by atoms with Crippen molar-refractivity contribution >= 4 is 21.8 Å². The minimum Gasteiger partial charge on any atom is -0.334 e. The minimum absolute atomic E-state index is 0.0215. The smallest absolute Gasteiger partial charge is 0.239 e. The summed E-state index contributed by atoms with van der Waals surface area (Å²) in [4.78, 5) is 14.1. The second-order valence-corrected chi connectivity index (χ2v) is 7.21. The van der Waals surface area contributed by atoms with Crippen molar-refractivity contribution in [1.82, 2.24) is 4.90 Å². The molecule has 0 bridgehead atoms. The van der Waals surface area contributed by atoms with Gasteiger partial charge in [-0.2, -0.15) is 0 Å². The number of alkyl halides is 1. The standard InChI is InChI=1S/C14H17BrFNO/c1-14(2,15)13(18)17(11-7-8-11)9-10-5-3-4-6-12(10)16/h3-6,11H,7-9H2,1-2H3. The SMILES string of the molecule is CC(C)(Br)C(=O)N(Cc1ccccc1F)C1CC1. The van der Waals surface area contributed by atoms with Crippen molar-refractivity contribution in [1.29, 1.82) is 0 Å². The Morgan fingerprint density at radius 2 is 2.06 bits per heavy atom. The first-order chi connectivity index (χ1) is 8.39. The molecule has 0 spiro atoms. The normalized spacial score (nSPS) is 15.6. The summed E-state index contributed by atoms with van der Waals surface area (Å²) in [6.45, 7) is 4.00. The van der Waals surface area contributed by atoms with Crippen LogP contribution in [0.3, 0.4) is 0 Å². The van der Waals surface area contributed by atoms with Crippen LogP contribution in [-0.2, 0) is 11.3 Å². The predicted molar refractivity (Wildman–Crippen MR) is 73.0 cm³/mol. The van der Waals surface area contributed by atoms with Gasteiger partial charge < -0.3 is 4.90 Å². The Morgan fingerprint density at radius 3 is 2.56 bits per heavy atom. The summed E-state index contributed by atoms with van der Waals surface area (Å²) in [6.07, 6.45) is 2.03. The number of carbonyl (C=O) groups excluding carboxylic acids is 1. The fourth-order valence-electron chi connectivity index (χ4n) is 1.90. The van der Waals surface area contributed by atoms with Crippen molar-refractivity contribution in [3.05, 3.63) is 35.6 Å².